The maximum atomic E-state index is 14.4. The third-order valence-corrected chi connectivity index (χ3v) is 12.2. The first-order valence-corrected chi connectivity index (χ1v) is 19.4. The summed E-state index contributed by atoms with van der Waals surface area (Å²) >= 11 is 0. The van der Waals surface area contributed by atoms with Gasteiger partial charge in [0.15, 0.2) is 5.69 Å². The summed E-state index contributed by atoms with van der Waals surface area (Å²) in [5.41, 5.74) is 2.20. The van der Waals surface area contributed by atoms with Crippen LogP contribution in [0.1, 0.15) is 97.5 Å². The molecular formula is C42H55N5O6. The van der Waals surface area contributed by atoms with E-state index in [9.17, 15) is 19.5 Å². The van der Waals surface area contributed by atoms with Gasteiger partial charge in [0.2, 0.25) is 0 Å². The summed E-state index contributed by atoms with van der Waals surface area (Å²) in [5.74, 6) is 1.04. The second-order valence-electron chi connectivity index (χ2n) is 16.7. The Hall–Kier alpha value is -4.38. The van der Waals surface area contributed by atoms with Crippen LogP contribution in [0.3, 0.4) is 0 Å². The van der Waals surface area contributed by atoms with Crippen LogP contribution >= 0.6 is 0 Å². The van der Waals surface area contributed by atoms with Crippen LogP contribution in [0.2, 0.25) is 0 Å². The number of rotatable bonds is 15. The molecule has 2 amide bonds. The second kappa shape index (κ2) is 14.8. The summed E-state index contributed by atoms with van der Waals surface area (Å²) in [5, 5.41) is 18.9. The van der Waals surface area contributed by atoms with Gasteiger partial charge >= 0.3 is 5.97 Å². The largest absolute Gasteiger partial charge is 0.496 e. The molecule has 5 aliphatic carbocycles. The molecule has 5 fully saturated rings. The molecule has 53 heavy (non-hydrogen) atoms. The highest BCUT2D eigenvalue weighted by molar-refractivity contribution is 5.98. The summed E-state index contributed by atoms with van der Waals surface area (Å²) in [4.78, 5) is 45.1. The number of hydrogen-bond donors (Lipinski definition) is 2. The Morgan fingerprint density at radius 2 is 1.64 bits per heavy atom. The number of carbonyl (C=O) groups excluding carboxylic acids is 2. The molecule has 0 radical (unpaired) electrons. The average Bonchev–Trinajstić information content (AvgIpc) is 3.86. The summed E-state index contributed by atoms with van der Waals surface area (Å²) in [6.45, 7) is 6.23. The molecule has 0 aliphatic heterocycles. The van der Waals surface area contributed by atoms with E-state index in [1.165, 1.54) is 6.42 Å². The van der Waals surface area contributed by atoms with E-state index < -0.39 is 17.4 Å². The number of methoxy groups -OCH3 is 1. The molecule has 1 heterocycles. The SMILES string of the molecule is COc1cccc(OCC2CC2)c1-c1cc(C(=O)NC2(C(=O)O)C3CC4CC(C3)CC2C4)nn1-c1ccc(C(=O)N(C)CCCN(C)C)cc1C(C)C. The molecule has 3 aromatic rings. The van der Waals surface area contributed by atoms with Crippen LogP contribution in [-0.4, -0.2) is 96.0 Å². The predicted molar refractivity (Wildman–Crippen MR) is 203 cm³/mol. The number of benzene rings is 2. The van der Waals surface area contributed by atoms with Gasteiger partial charge in [0, 0.05) is 19.2 Å². The molecule has 5 aliphatic rings. The van der Waals surface area contributed by atoms with Gasteiger partial charge < -0.3 is 29.7 Å². The first-order chi connectivity index (χ1) is 25.4. The highest BCUT2D eigenvalue weighted by atomic mass is 16.5. The lowest BCUT2D eigenvalue weighted by atomic mass is 9.48. The lowest BCUT2D eigenvalue weighted by Gasteiger charge is -2.59. The van der Waals surface area contributed by atoms with E-state index in [0.29, 0.717) is 64.9 Å². The minimum Gasteiger partial charge on any atom is -0.496 e. The van der Waals surface area contributed by atoms with Crippen LogP contribution in [0.15, 0.2) is 42.5 Å². The fourth-order valence-electron chi connectivity index (χ4n) is 9.47. The van der Waals surface area contributed by atoms with Gasteiger partial charge in [-0.25, -0.2) is 9.48 Å². The van der Waals surface area contributed by atoms with Crippen LogP contribution < -0.4 is 14.8 Å². The summed E-state index contributed by atoms with van der Waals surface area (Å²) in [6, 6.07) is 13.0. The minimum atomic E-state index is -1.32. The fourth-order valence-corrected chi connectivity index (χ4v) is 9.47. The van der Waals surface area contributed by atoms with E-state index in [2.05, 4.69) is 24.1 Å². The third-order valence-electron chi connectivity index (χ3n) is 12.2. The molecule has 2 N–H and O–H groups in total. The predicted octanol–water partition coefficient (Wildman–Crippen LogP) is 6.49. The smallest absolute Gasteiger partial charge is 0.330 e. The number of ether oxygens (including phenoxy) is 2. The lowest BCUT2D eigenvalue weighted by Crippen LogP contribution is -2.70. The first-order valence-electron chi connectivity index (χ1n) is 19.4. The number of nitrogens with one attached hydrogen (secondary N) is 1. The number of carboxylic acid groups (broad SMARTS) is 1. The Morgan fingerprint density at radius 3 is 2.25 bits per heavy atom. The molecule has 4 bridgehead atoms. The first kappa shape index (κ1) is 37.0. The van der Waals surface area contributed by atoms with E-state index >= 15 is 0 Å². The van der Waals surface area contributed by atoms with Crippen molar-refractivity contribution in [1.29, 1.82) is 0 Å². The Bertz CT molecular complexity index is 1830. The van der Waals surface area contributed by atoms with Crippen molar-refractivity contribution in [2.45, 2.75) is 76.7 Å². The third kappa shape index (κ3) is 7.16. The minimum absolute atomic E-state index is 0.00212. The molecule has 0 spiro atoms. The number of aliphatic carboxylic acids is 1. The van der Waals surface area contributed by atoms with Crippen LogP contribution in [-0.2, 0) is 4.79 Å². The zero-order chi connectivity index (χ0) is 37.6. The molecule has 1 aromatic heterocycles. The monoisotopic (exact) mass is 725 g/mol. The molecule has 0 atom stereocenters. The van der Waals surface area contributed by atoms with Gasteiger partial charge in [0.05, 0.1) is 30.7 Å². The van der Waals surface area contributed by atoms with Crippen molar-refractivity contribution in [3.63, 3.8) is 0 Å². The van der Waals surface area contributed by atoms with E-state index in [0.717, 1.165) is 57.1 Å². The maximum Gasteiger partial charge on any atom is 0.330 e. The second-order valence-corrected chi connectivity index (χ2v) is 16.7. The van der Waals surface area contributed by atoms with Crippen LogP contribution in [0.25, 0.3) is 16.9 Å². The molecule has 284 valence electrons. The van der Waals surface area contributed by atoms with Gasteiger partial charge in [-0.2, -0.15) is 5.10 Å². The van der Waals surface area contributed by atoms with Crippen molar-refractivity contribution in [3.05, 3.63) is 59.3 Å². The van der Waals surface area contributed by atoms with Gasteiger partial charge in [0.1, 0.15) is 17.0 Å². The molecule has 5 saturated carbocycles. The van der Waals surface area contributed by atoms with Crippen molar-refractivity contribution in [1.82, 2.24) is 24.9 Å². The molecule has 0 unspecified atom stereocenters. The Labute approximate surface area is 313 Å². The molecule has 0 saturated heterocycles. The number of aromatic nitrogens is 2. The van der Waals surface area contributed by atoms with Crippen LogP contribution in [0.5, 0.6) is 11.5 Å². The van der Waals surface area contributed by atoms with E-state index in [1.807, 2.05) is 57.5 Å². The molecule has 11 heteroatoms. The zero-order valence-corrected chi connectivity index (χ0v) is 32.1. The molecule has 2 aromatic carbocycles. The van der Waals surface area contributed by atoms with Crippen molar-refractivity contribution < 1.29 is 29.0 Å². The van der Waals surface area contributed by atoms with Crippen molar-refractivity contribution in [2.24, 2.45) is 29.6 Å². The molecular weight excluding hydrogens is 670 g/mol. The summed E-state index contributed by atoms with van der Waals surface area (Å²) in [6.07, 6.45) is 7.61. The standard InChI is InChI=1S/C42H55N5O6/c1-25(2)32-22-29(40(49)46(5)16-8-15-45(3)4)13-14-34(32)47-35(38-36(52-6)9-7-10-37(38)53-24-26-11-12-26)23-33(44-47)39(48)43-42(41(50)51)30-18-27-17-28(20-30)21-31(42)19-27/h7,9-10,13-14,22-23,25-28,30-31H,8,11-12,15-21,24H2,1-6H3,(H,43,48)(H,50,51). The summed E-state index contributed by atoms with van der Waals surface area (Å²) < 4.78 is 14.0. The van der Waals surface area contributed by atoms with Crippen molar-refractivity contribution in [3.8, 4) is 28.4 Å². The molecule has 11 nitrogen and oxygen atoms in total. The van der Waals surface area contributed by atoms with Gasteiger partial charge in [-0.3, -0.25) is 9.59 Å². The summed E-state index contributed by atoms with van der Waals surface area (Å²) in [7, 11) is 7.48. The highest BCUT2D eigenvalue weighted by Gasteiger charge is 2.62. The topological polar surface area (TPSA) is 126 Å². The number of carboxylic acids is 1. The van der Waals surface area contributed by atoms with E-state index in [4.69, 9.17) is 14.6 Å². The Kier molecular flexibility index (Phi) is 10.3. The lowest BCUT2D eigenvalue weighted by molar-refractivity contribution is -0.163. The number of amides is 2. The Balaban J connectivity index is 1.31. The highest BCUT2D eigenvalue weighted by Crippen LogP contribution is 2.58. The van der Waals surface area contributed by atoms with Gasteiger partial charge in [-0.05, 0) is 149 Å². The maximum absolute atomic E-state index is 14.4. The van der Waals surface area contributed by atoms with Crippen LogP contribution in [0.4, 0.5) is 0 Å². The van der Waals surface area contributed by atoms with Crippen molar-refractivity contribution >= 4 is 17.8 Å². The normalized spacial score (nSPS) is 24.5. The Morgan fingerprint density at radius 1 is 0.962 bits per heavy atom. The van der Waals surface area contributed by atoms with Gasteiger partial charge in [-0.1, -0.05) is 19.9 Å². The number of nitrogens with zero attached hydrogens (tertiary/aromatic N) is 4. The van der Waals surface area contributed by atoms with E-state index in [1.54, 1.807) is 22.8 Å². The number of carbonyl (C=O) groups is 3. The number of hydrogen-bond acceptors (Lipinski definition) is 7. The zero-order valence-electron chi connectivity index (χ0n) is 32.1. The van der Waals surface area contributed by atoms with E-state index in [-0.39, 0.29) is 29.4 Å². The average molecular weight is 726 g/mol. The van der Waals surface area contributed by atoms with Crippen molar-refractivity contribution in [2.75, 3.05) is 47.9 Å². The van der Waals surface area contributed by atoms with Crippen LogP contribution in [0, 0.1) is 29.6 Å². The fraction of sp³-hybridized carbons (Fsp3) is 0.571. The van der Waals surface area contributed by atoms with Gasteiger partial charge in [0.25, 0.3) is 11.8 Å². The van der Waals surface area contributed by atoms with Gasteiger partial charge in [-0.15, -0.1) is 0 Å². The quantitative estimate of drug-likeness (QED) is 0.182. The molecule has 8 rings (SSSR count).